The van der Waals surface area contributed by atoms with E-state index < -0.39 is 0 Å². The van der Waals surface area contributed by atoms with E-state index in [1.807, 2.05) is 18.2 Å². The smallest absolute Gasteiger partial charge is 0.251 e. The van der Waals surface area contributed by atoms with Crippen LogP contribution < -0.4 is 5.32 Å². The van der Waals surface area contributed by atoms with E-state index in [9.17, 15) is 9.18 Å². The average molecular weight is 271 g/mol. The van der Waals surface area contributed by atoms with Gasteiger partial charge in [0.15, 0.2) is 0 Å². The van der Waals surface area contributed by atoms with Crippen molar-refractivity contribution in [1.29, 1.82) is 0 Å². The van der Waals surface area contributed by atoms with Gasteiger partial charge < -0.3 is 5.32 Å². The SMILES string of the molecule is CC(CCNC(=O)c1ccc(F)cc1)c1ccccc1. The fourth-order valence-electron chi connectivity index (χ4n) is 2.05. The largest absolute Gasteiger partial charge is 0.352 e. The van der Waals surface area contributed by atoms with Crippen molar-refractivity contribution in [3.8, 4) is 0 Å². The maximum absolute atomic E-state index is 12.8. The van der Waals surface area contributed by atoms with Crippen LogP contribution in [-0.2, 0) is 0 Å². The summed E-state index contributed by atoms with van der Waals surface area (Å²) in [6.45, 7) is 2.74. The van der Waals surface area contributed by atoms with Crippen LogP contribution in [0.1, 0.15) is 35.2 Å². The molecule has 2 nitrogen and oxygen atoms in total. The molecule has 0 aliphatic carbocycles. The first-order valence-electron chi connectivity index (χ1n) is 6.75. The highest BCUT2D eigenvalue weighted by molar-refractivity contribution is 5.94. The molecule has 2 aromatic carbocycles. The molecule has 0 bridgehead atoms. The van der Waals surface area contributed by atoms with Crippen LogP contribution in [0, 0.1) is 5.82 Å². The Morgan fingerprint density at radius 3 is 2.40 bits per heavy atom. The molecular weight excluding hydrogens is 253 g/mol. The van der Waals surface area contributed by atoms with Gasteiger partial charge in [0.05, 0.1) is 0 Å². The van der Waals surface area contributed by atoms with E-state index in [1.54, 1.807) is 0 Å². The monoisotopic (exact) mass is 271 g/mol. The Bertz CT molecular complexity index is 551. The van der Waals surface area contributed by atoms with Gasteiger partial charge >= 0.3 is 0 Å². The maximum atomic E-state index is 12.8. The van der Waals surface area contributed by atoms with E-state index in [0.29, 0.717) is 18.0 Å². The summed E-state index contributed by atoms with van der Waals surface area (Å²) in [5.41, 5.74) is 1.75. The van der Waals surface area contributed by atoms with Gasteiger partial charge in [0.1, 0.15) is 5.82 Å². The van der Waals surface area contributed by atoms with E-state index in [0.717, 1.165) is 6.42 Å². The van der Waals surface area contributed by atoms with Gasteiger partial charge in [-0.2, -0.15) is 0 Å². The molecule has 0 aliphatic heterocycles. The van der Waals surface area contributed by atoms with Gasteiger partial charge in [-0.25, -0.2) is 4.39 Å². The fourth-order valence-corrected chi connectivity index (χ4v) is 2.05. The standard InChI is InChI=1S/C17H18FNO/c1-13(14-5-3-2-4-6-14)11-12-19-17(20)15-7-9-16(18)10-8-15/h2-10,13H,11-12H2,1H3,(H,19,20). The molecule has 0 aliphatic rings. The van der Waals surface area contributed by atoms with Gasteiger partial charge in [0.25, 0.3) is 5.91 Å². The zero-order valence-corrected chi connectivity index (χ0v) is 11.5. The molecule has 1 N–H and O–H groups in total. The van der Waals surface area contributed by atoms with Crippen molar-refractivity contribution in [2.45, 2.75) is 19.3 Å². The van der Waals surface area contributed by atoms with E-state index in [1.165, 1.54) is 29.8 Å². The normalized spacial score (nSPS) is 11.9. The number of rotatable bonds is 5. The van der Waals surface area contributed by atoms with Gasteiger partial charge in [-0.15, -0.1) is 0 Å². The molecule has 0 heterocycles. The Balaban J connectivity index is 1.81. The van der Waals surface area contributed by atoms with Crippen LogP contribution >= 0.6 is 0 Å². The molecule has 0 fully saturated rings. The molecule has 0 saturated carbocycles. The summed E-state index contributed by atoms with van der Waals surface area (Å²) in [4.78, 5) is 11.8. The van der Waals surface area contributed by atoms with Crippen LogP contribution in [-0.4, -0.2) is 12.5 Å². The van der Waals surface area contributed by atoms with Gasteiger partial charge in [-0.1, -0.05) is 37.3 Å². The van der Waals surface area contributed by atoms with Gasteiger partial charge in [-0.05, 0) is 42.2 Å². The zero-order chi connectivity index (χ0) is 14.4. The minimum Gasteiger partial charge on any atom is -0.352 e. The lowest BCUT2D eigenvalue weighted by Crippen LogP contribution is -2.25. The van der Waals surface area contributed by atoms with Crippen molar-refractivity contribution >= 4 is 5.91 Å². The first kappa shape index (κ1) is 14.3. The molecule has 0 radical (unpaired) electrons. The number of halogens is 1. The zero-order valence-electron chi connectivity index (χ0n) is 11.5. The Hall–Kier alpha value is -2.16. The van der Waals surface area contributed by atoms with Crippen LogP contribution in [0.3, 0.4) is 0 Å². The van der Waals surface area contributed by atoms with E-state index in [-0.39, 0.29) is 11.7 Å². The summed E-state index contributed by atoms with van der Waals surface area (Å²) in [6.07, 6.45) is 0.872. The lowest BCUT2D eigenvalue weighted by atomic mass is 9.98. The van der Waals surface area contributed by atoms with Gasteiger partial charge in [0, 0.05) is 12.1 Å². The van der Waals surface area contributed by atoms with Crippen molar-refractivity contribution in [3.05, 3.63) is 71.5 Å². The quantitative estimate of drug-likeness (QED) is 0.881. The molecule has 2 aromatic rings. The molecule has 0 spiro atoms. The molecule has 0 aromatic heterocycles. The number of amides is 1. The Morgan fingerprint density at radius 2 is 1.75 bits per heavy atom. The summed E-state index contributed by atoms with van der Waals surface area (Å²) < 4.78 is 12.8. The van der Waals surface area contributed by atoms with Crippen molar-refractivity contribution in [1.82, 2.24) is 5.32 Å². The molecule has 20 heavy (non-hydrogen) atoms. The number of nitrogens with one attached hydrogen (secondary N) is 1. The molecule has 0 saturated heterocycles. The second-order valence-electron chi connectivity index (χ2n) is 4.86. The summed E-state index contributed by atoms with van der Waals surface area (Å²) >= 11 is 0. The fraction of sp³-hybridized carbons (Fsp3) is 0.235. The van der Waals surface area contributed by atoms with Crippen molar-refractivity contribution in [3.63, 3.8) is 0 Å². The second-order valence-corrected chi connectivity index (χ2v) is 4.86. The van der Waals surface area contributed by atoms with E-state index in [2.05, 4.69) is 24.4 Å². The highest BCUT2D eigenvalue weighted by atomic mass is 19.1. The lowest BCUT2D eigenvalue weighted by molar-refractivity contribution is 0.0952. The van der Waals surface area contributed by atoms with Crippen LogP contribution in [0.4, 0.5) is 4.39 Å². The van der Waals surface area contributed by atoms with Gasteiger partial charge in [-0.3, -0.25) is 4.79 Å². The molecular formula is C17H18FNO. The molecule has 3 heteroatoms. The lowest BCUT2D eigenvalue weighted by Gasteiger charge is -2.12. The number of carbonyl (C=O) groups is 1. The minimum absolute atomic E-state index is 0.162. The van der Waals surface area contributed by atoms with Crippen LogP contribution in [0.2, 0.25) is 0 Å². The highest BCUT2D eigenvalue weighted by Crippen LogP contribution is 2.17. The predicted molar refractivity (Wildman–Crippen MR) is 78.2 cm³/mol. The molecule has 2 rings (SSSR count). The Morgan fingerprint density at radius 1 is 1.10 bits per heavy atom. The first-order chi connectivity index (χ1) is 9.66. The molecule has 1 atom stereocenters. The van der Waals surface area contributed by atoms with Crippen molar-refractivity contribution < 1.29 is 9.18 Å². The molecule has 1 amide bonds. The van der Waals surface area contributed by atoms with Crippen LogP contribution in [0.5, 0.6) is 0 Å². The maximum Gasteiger partial charge on any atom is 0.251 e. The Labute approximate surface area is 118 Å². The van der Waals surface area contributed by atoms with E-state index in [4.69, 9.17) is 0 Å². The topological polar surface area (TPSA) is 29.1 Å². The minimum atomic E-state index is -0.334. The predicted octanol–water partition coefficient (Wildman–Crippen LogP) is 3.75. The summed E-state index contributed by atoms with van der Waals surface area (Å²) in [7, 11) is 0. The number of benzene rings is 2. The van der Waals surface area contributed by atoms with Crippen molar-refractivity contribution in [2.75, 3.05) is 6.54 Å². The number of carbonyl (C=O) groups excluding carboxylic acids is 1. The third-order valence-electron chi connectivity index (χ3n) is 3.34. The Kier molecular flexibility index (Phi) is 4.88. The van der Waals surface area contributed by atoms with Gasteiger partial charge in [0.2, 0.25) is 0 Å². The van der Waals surface area contributed by atoms with Crippen LogP contribution in [0.25, 0.3) is 0 Å². The number of hydrogen-bond donors (Lipinski definition) is 1. The average Bonchev–Trinajstić information content (AvgIpc) is 2.48. The third kappa shape index (κ3) is 3.92. The first-order valence-corrected chi connectivity index (χ1v) is 6.75. The molecule has 1 unspecified atom stereocenters. The van der Waals surface area contributed by atoms with E-state index >= 15 is 0 Å². The third-order valence-corrected chi connectivity index (χ3v) is 3.34. The summed E-state index contributed by atoms with van der Waals surface area (Å²) in [5.74, 6) is -0.103. The second kappa shape index (κ2) is 6.85. The summed E-state index contributed by atoms with van der Waals surface area (Å²) in [6, 6.07) is 15.8. The number of hydrogen-bond acceptors (Lipinski definition) is 1. The molecule has 104 valence electrons. The highest BCUT2D eigenvalue weighted by Gasteiger charge is 2.07. The summed E-state index contributed by atoms with van der Waals surface area (Å²) in [5, 5.41) is 2.86. The van der Waals surface area contributed by atoms with Crippen molar-refractivity contribution in [2.24, 2.45) is 0 Å². The van der Waals surface area contributed by atoms with Crippen LogP contribution in [0.15, 0.2) is 54.6 Å².